The maximum atomic E-state index is 4.34. The summed E-state index contributed by atoms with van der Waals surface area (Å²) in [4.78, 5) is 4.34. The molecule has 0 bridgehead atoms. The van der Waals surface area contributed by atoms with Gasteiger partial charge in [0.05, 0.1) is 0 Å². The average Bonchev–Trinajstić information content (AvgIpc) is 1.98. The van der Waals surface area contributed by atoms with Crippen LogP contribution in [0, 0.1) is 5.92 Å². The van der Waals surface area contributed by atoms with Crippen molar-refractivity contribution in [2.75, 3.05) is 12.3 Å². The van der Waals surface area contributed by atoms with Crippen LogP contribution in [0.15, 0.2) is 4.99 Å². The molecule has 0 aliphatic carbocycles. The van der Waals surface area contributed by atoms with Gasteiger partial charge in [0.2, 0.25) is 0 Å². The van der Waals surface area contributed by atoms with Gasteiger partial charge >= 0.3 is 0 Å². The van der Waals surface area contributed by atoms with E-state index >= 15 is 0 Å². The molecule has 1 rings (SSSR count). The van der Waals surface area contributed by atoms with Gasteiger partial charge in [-0.1, -0.05) is 18.7 Å². The van der Waals surface area contributed by atoms with E-state index in [0.29, 0.717) is 6.04 Å². The van der Waals surface area contributed by atoms with E-state index < -0.39 is 0 Å². The van der Waals surface area contributed by atoms with Crippen LogP contribution in [0.3, 0.4) is 0 Å². The van der Waals surface area contributed by atoms with E-state index in [4.69, 9.17) is 0 Å². The number of aliphatic imine (C=N–C) groups is 1. The molecule has 1 N–H and O–H groups in total. The first-order chi connectivity index (χ1) is 5.24. The molecule has 2 atom stereocenters. The highest BCUT2D eigenvalue weighted by Crippen LogP contribution is 2.18. The van der Waals surface area contributed by atoms with Gasteiger partial charge < -0.3 is 5.32 Å². The lowest BCUT2D eigenvalue weighted by Gasteiger charge is -2.28. The molecule has 0 aromatic carbocycles. The van der Waals surface area contributed by atoms with Crippen molar-refractivity contribution in [2.24, 2.45) is 10.9 Å². The highest BCUT2D eigenvalue weighted by Gasteiger charge is 2.19. The Labute approximate surface area is 72.9 Å². The molecular weight excluding hydrogens is 156 g/mol. The zero-order valence-corrected chi connectivity index (χ0v) is 8.24. The minimum atomic E-state index is 0.585. The van der Waals surface area contributed by atoms with E-state index in [2.05, 4.69) is 31.1 Å². The highest BCUT2D eigenvalue weighted by molar-refractivity contribution is 8.13. The molecule has 0 radical (unpaired) electrons. The van der Waals surface area contributed by atoms with Gasteiger partial charge in [0, 0.05) is 18.3 Å². The van der Waals surface area contributed by atoms with Gasteiger partial charge in [0.15, 0.2) is 5.17 Å². The monoisotopic (exact) mass is 172 g/mol. The summed E-state index contributed by atoms with van der Waals surface area (Å²) in [5.41, 5.74) is 0. The number of amidine groups is 1. The van der Waals surface area contributed by atoms with Crippen LogP contribution in [-0.2, 0) is 0 Å². The lowest BCUT2D eigenvalue weighted by molar-refractivity contribution is 0.490. The Morgan fingerprint density at radius 3 is 2.91 bits per heavy atom. The molecule has 1 aliphatic rings. The van der Waals surface area contributed by atoms with Crippen molar-refractivity contribution in [1.82, 2.24) is 5.32 Å². The number of thioether (sulfide) groups is 1. The Kier molecular flexibility index (Phi) is 3.24. The second-order valence-corrected chi connectivity index (χ2v) is 4.01. The first-order valence-corrected chi connectivity index (χ1v) is 5.16. The van der Waals surface area contributed by atoms with Crippen LogP contribution in [0.25, 0.3) is 0 Å². The van der Waals surface area contributed by atoms with Crippen LogP contribution in [0.2, 0.25) is 0 Å². The molecular formula is C8H16N2S. The van der Waals surface area contributed by atoms with Gasteiger partial charge in [-0.05, 0) is 19.8 Å². The summed E-state index contributed by atoms with van der Waals surface area (Å²) in [5, 5.41) is 4.50. The average molecular weight is 172 g/mol. The molecule has 0 amide bonds. The van der Waals surface area contributed by atoms with Crippen LogP contribution in [0.4, 0.5) is 0 Å². The molecule has 0 spiro atoms. The van der Waals surface area contributed by atoms with Crippen molar-refractivity contribution in [3.63, 3.8) is 0 Å². The fourth-order valence-corrected chi connectivity index (χ4v) is 2.17. The highest BCUT2D eigenvalue weighted by atomic mass is 32.2. The fourth-order valence-electron chi connectivity index (χ4n) is 0.968. The number of hydrogen-bond acceptors (Lipinski definition) is 2. The molecule has 0 aromatic rings. The van der Waals surface area contributed by atoms with Crippen LogP contribution in [0.1, 0.15) is 20.8 Å². The third-order valence-corrected chi connectivity index (χ3v) is 3.20. The number of hydrogen-bond donors (Lipinski definition) is 1. The van der Waals surface area contributed by atoms with E-state index in [1.165, 1.54) is 5.75 Å². The van der Waals surface area contributed by atoms with Crippen molar-refractivity contribution < 1.29 is 0 Å². The summed E-state index contributed by atoms with van der Waals surface area (Å²) in [6, 6.07) is 0.585. The Morgan fingerprint density at radius 2 is 2.36 bits per heavy atom. The minimum Gasteiger partial charge on any atom is -0.362 e. The van der Waals surface area contributed by atoms with E-state index in [1.807, 2.05) is 11.8 Å². The molecule has 2 nitrogen and oxygen atoms in total. The van der Waals surface area contributed by atoms with Gasteiger partial charge in [-0.3, -0.25) is 4.99 Å². The van der Waals surface area contributed by atoms with Crippen molar-refractivity contribution in [3.05, 3.63) is 0 Å². The summed E-state index contributed by atoms with van der Waals surface area (Å²) >= 11 is 1.84. The Morgan fingerprint density at radius 1 is 1.64 bits per heavy atom. The lowest BCUT2D eigenvalue weighted by Crippen LogP contribution is -2.41. The predicted molar refractivity (Wildman–Crippen MR) is 52.2 cm³/mol. The van der Waals surface area contributed by atoms with Crippen molar-refractivity contribution in [2.45, 2.75) is 26.8 Å². The predicted octanol–water partition coefficient (Wildman–Crippen LogP) is 1.72. The Bertz CT molecular complexity index is 156. The molecule has 1 fully saturated rings. The van der Waals surface area contributed by atoms with Crippen LogP contribution >= 0.6 is 11.8 Å². The zero-order valence-electron chi connectivity index (χ0n) is 7.42. The van der Waals surface area contributed by atoms with E-state index in [1.54, 1.807) is 0 Å². The maximum Gasteiger partial charge on any atom is 0.156 e. The van der Waals surface area contributed by atoms with Crippen LogP contribution < -0.4 is 5.32 Å². The van der Waals surface area contributed by atoms with Gasteiger partial charge in [0.1, 0.15) is 0 Å². The topological polar surface area (TPSA) is 24.4 Å². The van der Waals surface area contributed by atoms with Crippen molar-refractivity contribution in [1.29, 1.82) is 0 Å². The van der Waals surface area contributed by atoms with Gasteiger partial charge in [0.25, 0.3) is 0 Å². The van der Waals surface area contributed by atoms with E-state index in [-0.39, 0.29) is 0 Å². The minimum absolute atomic E-state index is 0.585. The summed E-state index contributed by atoms with van der Waals surface area (Å²) in [7, 11) is 0. The van der Waals surface area contributed by atoms with Gasteiger partial charge in [-0.15, -0.1) is 0 Å². The van der Waals surface area contributed by atoms with Crippen LogP contribution in [0.5, 0.6) is 0 Å². The molecule has 64 valence electrons. The second kappa shape index (κ2) is 4.00. The number of rotatable bonds is 1. The van der Waals surface area contributed by atoms with Crippen LogP contribution in [-0.4, -0.2) is 23.5 Å². The summed E-state index contributed by atoms with van der Waals surface area (Å²) < 4.78 is 0. The summed E-state index contributed by atoms with van der Waals surface area (Å²) in [6.07, 6.45) is 0. The van der Waals surface area contributed by atoms with Crippen molar-refractivity contribution in [3.8, 4) is 0 Å². The molecule has 1 heterocycles. The SMILES string of the molecule is CCN=C1NC(C)C(C)CS1. The fraction of sp³-hybridized carbons (Fsp3) is 0.875. The van der Waals surface area contributed by atoms with E-state index in [0.717, 1.165) is 17.6 Å². The van der Waals surface area contributed by atoms with Gasteiger partial charge in [-0.2, -0.15) is 0 Å². The molecule has 11 heavy (non-hydrogen) atoms. The smallest absolute Gasteiger partial charge is 0.156 e. The summed E-state index contributed by atoms with van der Waals surface area (Å²) in [5.74, 6) is 1.96. The Balaban J connectivity index is 2.46. The second-order valence-electron chi connectivity index (χ2n) is 3.00. The summed E-state index contributed by atoms with van der Waals surface area (Å²) in [6.45, 7) is 7.44. The number of nitrogens with one attached hydrogen (secondary N) is 1. The lowest BCUT2D eigenvalue weighted by atomic mass is 10.1. The largest absolute Gasteiger partial charge is 0.362 e. The standard InChI is InChI=1S/C8H16N2S/c1-4-9-8-10-7(3)6(2)5-11-8/h6-7H,4-5H2,1-3H3,(H,9,10). The molecule has 3 heteroatoms. The van der Waals surface area contributed by atoms with Crippen molar-refractivity contribution >= 4 is 16.9 Å². The number of nitrogens with zero attached hydrogens (tertiary/aromatic N) is 1. The zero-order chi connectivity index (χ0) is 8.27. The third-order valence-electron chi connectivity index (χ3n) is 1.99. The maximum absolute atomic E-state index is 4.34. The molecule has 0 saturated carbocycles. The first kappa shape index (κ1) is 8.91. The van der Waals surface area contributed by atoms with Gasteiger partial charge in [-0.25, -0.2) is 0 Å². The quantitative estimate of drug-likeness (QED) is 0.651. The molecule has 2 unspecified atom stereocenters. The first-order valence-electron chi connectivity index (χ1n) is 4.17. The normalized spacial score (nSPS) is 35.4. The Hall–Kier alpha value is -0.180. The third kappa shape index (κ3) is 2.40. The molecule has 1 saturated heterocycles. The molecule has 0 aromatic heterocycles. The molecule has 1 aliphatic heterocycles. The van der Waals surface area contributed by atoms with E-state index in [9.17, 15) is 0 Å².